The van der Waals surface area contributed by atoms with E-state index in [9.17, 15) is 19.5 Å². The van der Waals surface area contributed by atoms with Crippen LogP contribution in [0.3, 0.4) is 0 Å². The summed E-state index contributed by atoms with van der Waals surface area (Å²) in [7, 11) is 0. The van der Waals surface area contributed by atoms with Gasteiger partial charge in [0.2, 0.25) is 0 Å². The van der Waals surface area contributed by atoms with Crippen molar-refractivity contribution in [2.24, 2.45) is 0 Å². The number of rotatable bonds is 8. The van der Waals surface area contributed by atoms with Crippen LogP contribution in [0.25, 0.3) is 0 Å². The number of aromatic nitrogens is 2. The number of hydrogen-bond acceptors (Lipinski definition) is 7. The van der Waals surface area contributed by atoms with E-state index < -0.39 is 23.9 Å². The van der Waals surface area contributed by atoms with Crippen LogP contribution in [0.5, 0.6) is 0 Å². The summed E-state index contributed by atoms with van der Waals surface area (Å²) in [5.74, 6) is -1.23. The number of carbonyl (C=O) groups excluding carboxylic acids is 1. The third-order valence-electron chi connectivity index (χ3n) is 4.65. The molecule has 0 saturated carbocycles. The van der Waals surface area contributed by atoms with Crippen LogP contribution in [0.2, 0.25) is 0 Å². The number of carboxylic acids is 1. The zero-order chi connectivity index (χ0) is 20.6. The molecule has 1 unspecified atom stereocenters. The fraction of sp³-hybridized carbons (Fsp3) is 0.474. The molecule has 1 aliphatic heterocycles. The maximum atomic E-state index is 11.9. The fourth-order valence-corrected chi connectivity index (χ4v) is 3.16. The summed E-state index contributed by atoms with van der Waals surface area (Å²) >= 11 is 0. The third kappa shape index (κ3) is 5.67. The van der Waals surface area contributed by atoms with Crippen LogP contribution in [-0.2, 0) is 27.3 Å². The van der Waals surface area contributed by atoms with Gasteiger partial charge in [0.15, 0.2) is 11.9 Å². The number of aryl methyl sites for hydroxylation is 1. The molecule has 2 atom stereocenters. The van der Waals surface area contributed by atoms with E-state index in [1.807, 2.05) is 18.2 Å². The quantitative estimate of drug-likeness (QED) is 0.675. The molecule has 3 rings (SSSR count). The summed E-state index contributed by atoms with van der Waals surface area (Å²) in [4.78, 5) is 35.2. The fourth-order valence-electron chi connectivity index (χ4n) is 3.16. The molecule has 29 heavy (non-hydrogen) atoms. The number of hydrogen-bond donors (Lipinski definition) is 2. The van der Waals surface area contributed by atoms with Crippen LogP contribution in [-0.4, -0.2) is 46.1 Å². The van der Waals surface area contributed by atoms with Gasteiger partial charge in [-0.3, -0.25) is 9.09 Å². The lowest BCUT2D eigenvalue weighted by molar-refractivity contribution is -0.141. The molecule has 1 aromatic carbocycles. The van der Waals surface area contributed by atoms with E-state index in [0.29, 0.717) is 18.7 Å². The maximum Gasteiger partial charge on any atom is 0.441 e. The van der Waals surface area contributed by atoms with Gasteiger partial charge in [-0.1, -0.05) is 41.9 Å². The average Bonchev–Trinajstić information content (AvgIpc) is 2.95. The molecule has 0 bridgehead atoms. The monoisotopic (exact) mass is 405 g/mol. The van der Waals surface area contributed by atoms with Gasteiger partial charge in [0, 0.05) is 6.42 Å². The Hall–Kier alpha value is -3.14. The summed E-state index contributed by atoms with van der Waals surface area (Å²) in [6, 6.07) is 7.48. The third-order valence-corrected chi connectivity index (χ3v) is 4.65. The first-order valence-corrected chi connectivity index (χ1v) is 9.39. The zero-order valence-corrected chi connectivity index (χ0v) is 15.8. The molecular formula is C19H23N3O7. The van der Waals surface area contributed by atoms with Gasteiger partial charge >= 0.3 is 17.8 Å². The number of benzene rings is 1. The Morgan fingerprint density at radius 1 is 1.31 bits per heavy atom. The van der Waals surface area contributed by atoms with Crippen molar-refractivity contribution >= 4 is 12.1 Å². The highest BCUT2D eigenvalue weighted by Crippen LogP contribution is 2.21. The van der Waals surface area contributed by atoms with Crippen molar-refractivity contribution in [1.82, 2.24) is 15.0 Å². The normalized spacial score (nSPS) is 17.0. The number of carbonyl (C=O) groups is 2. The number of ether oxygens (including phenoxy) is 2. The van der Waals surface area contributed by atoms with Gasteiger partial charge in [0.1, 0.15) is 6.61 Å². The molecular weight excluding hydrogens is 382 g/mol. The minimum Gasteiger partial charge on any atom is -0.480 e. The van der Waals surface area contributed by atoms with E-state index in [-0.39, 0.29) is 25.9 Å². The number of nitrogens with zero attached hydrogens (tertiary/aromatic N) is 2. The number of nitrogens with one attached hydrogen (secondary N) is 1. The first-order chi connectivity index (χ1) is 14.0. The summed E-state index contributed by atoms with van der Waals surface area (Å²) in [6.07, 6.45) is 2.27. The van der Waals surface area contributed by atoms with Crippen LogP contribution in [0.4, 0.5) is 4.79 Å². The lowest BCUT2D eigenvalue weighted by atomic mass is 10.1. The van der Waals surface area contributed by atoms with Crippen molar-refractivity contribution in [3.8, 4) is 0 Å². The molecule has 10 nitrogen and oxygen atoms in total. The predicted molar refractivity (Wildman–Crippen MR) is 99.4 cm³/mol. The highest BCUT2D eigenvalue weighted by atomic mass is 16.5. The molecule has 1 aromatic heterocycles. The van der Waals surface area contributed by atoms with Crippen molar-refractivity contribution in [2.45, 2.75) is 44.4 Å². The second kappa shape index (κ2) is 9.87. The van der Waals surface area contributed by atoms with Crippen LogP contribution >= 0.6 is 0 Å². The lowest BCUT2D eigenvalue weighted by Crippen LogP contribution is -2.44. The number of fused-ring (bicyclic) bond motifs is 1. The van der Waals surface area contributed by atoms with E-state index in [1.54, 1.807) is 12.1 Å². The van der Waals surface area contributed by atoms with Crippen molar-refractivity contribution in [2.75, 3.05) is 13.2 Å². The SMILES string of the molecule is O=C(N[C@@H](COCC1CCCCc2noc(=O)n21)C(=O)O)OCc1ccccc1. The molecule has 0 fully saturated rings. The summed E-state index contributed by atoms with van der Waals surface area (Å²) in [5, 5.41) is 15.4. The maximum absolute atomic E-state index is 11.9. The Labute approximate surface area is 166 Å². The molecule has 2 aromatic rings. The average molecular weight is 405 g/mol. The van der Waals surface area contributed by atoms with Gasteiger partial charge in [0.25, 0.3) is 0 Å². The van der Waals surface area contributed by atoms with Crippen molar-refractivity contribution < 1.29 is 28.7 Å². The lowest BCUT2D eigenvalue weighted by Gasteiger charge is -2.19. The molecule has 2 N–H and O–H groups in total. The van der Waals surface area contributed by atoms with E-state index in [4.69, 9.17) is 14.0 Å². The predicted octanol–water partition coefficient (Wildman–Crippen LogP) is 1.50. The Bertz CT molecular complexity index is 877. The summed E-state index contributed by atoms with van der Waals surface area (Å²) in [6.45, 7) is -0.124. The van der Waals surface area contributed by atoms with Crippen molar-refractivity contribution in [3.63, 3.8) is 0 Å². The smallest absolute Gasteiger partial charge is 0.441 e. The van der Waals surface area contributed by atoms with Gasteiger partial charge in [-0.05, 0) is 18.4 Å². The van der Waals surface area contributed by atoms with E-state index in [2.05, 4.69) is 10.5 Å². The Kier molecular flexibility index (Phi) is 7.01. The molecule has 0 aliphatic carbocycles. The summed E-state index contributed by atoms with van der Waals surface area (Å²) in [5.41, 5.74) is 0.786. The van der Waals surface area contributed by atoms with Gasteiger partial charge in [-0.25, -0.2) is 14.4 Å². The molecule has 1 amide bonds. The van der Waals surface area contributed by atoms with Gasteiger partial charge in [-0.2, -0.15) is 0 Å². The number of carboxylic acid groups (broad SMARTS) is 1. The van der Waals surface area contributed by atoms with Gasteiger partial charge in [-0.15, -0.1) is 0 Å². The molecule has 1 aliphatic rings. The molecule has 0 radical (unpaired) electrons. The Morgan fingerprint density at radius 3 is 2.86 bits per heavy atom. The largest absolute Gasteiger partial charge is 0.480 e. The highest BCUT2D eigenvalue weighted by Gasteiger charge is 2.25. The highest BCUT2D eigenvalue weighted by molar-refractivity contribution is 5.80. The molecule has 0 saturated heterocycles. The minimum absolute atomic E-state index is 0.0289. The van der Waals surface area contributed by atoms with E-state index in [1.165, 1.54) is 4.57 Å². The Balaban J connectivity index is 1.49. The minimum atomic E-state index is -1.28. The first-order valence-electron chi connectivity index (χ1n) is 9.39. The molecule has 2 heterocycles. The van der Waals surface area contributed by atoms with E-state index in [0.717, 1.165) is 18.4 Å². The zero-order valence-electron chi connectivity index (χ0n) is 15.8. The van der Waals surface area contributed by atoms with Crippen LogP contribution in [0.1, 0.15) is 36.7 Å². The topological polar surface area (TPSA) is 133 Å². The van der Waals surface area contributed by atoms with Crippen LogP contribution in [0.15, 0.2) is 39.6 Å². The van der Waals surface area contributed by atoms with Crippen molar-refractivity contribution in [1.29, 1.82) is 0 Å². The second-order valence-corrected chi connectivity index (χ2v) is 6.77. The molecule has 0 spiro atoms. The standard InChI is InChI=1S/C19H23N3O7/c23-17(24)15(20-18(25)28-10-13-6-2-1-3-7-13)12-27-11-14-8-4-5-9-16-21-29-19(26)22(14)16/h1-3,6-7,14-15H,4-5,8-12H2,(H,20,25)(H,23,24)/t14?,15-/m0/s1. The van der Waals surface area contributed by atoms with Gasteiger partial charge in [0.05, 0.1) is 19.3 Å². The van der Waals surface area contributed by atoms with Gasteiger partial charge < -0.3 is 19.9 Å². The Morgan fingerprint density at radius 2 is 2.10 bits per heavy atom. The number of amides is 1. The van der Waals surface area contributed by atoms with Crippen LogP contribution in [0, 0.1) is 0 Å². The van der Waals surface area contributed by atoms with Crippen molar-refractivity contribution in [3.05, 3.63) is 52.3 Å². The second-order valence-electron chi connectivity index (χ2n) is 6.77. The van der Waals surface area contributed by atoms with Crippen LogP contribution < -0.4 is 11.1 Å². The number of alkyl carbamates (subject to hydrolysis) is 1. The van der Waals surface area contributed by atoms with E-state index >= 15 is 0 Å². The first kappa shape index (κ1) is 20.6. The summed E-state index contributed by atoms with van der Waals surface area (Å²) < 4.78 is 16.7. The number of aliphatic carboxylic acids is 1. The molecule has 156 valence electrons. The molecule has 10 heteroatoms.